The summed E-state index contributed by atoms with van der Waals surface area (Å²) >= 11 is 0. The molecule has 2 aromatic heterocycles. The minimum Gasteiger partial charge on any atom is -0.396 e. The molecule has 0 fully saturated rings. The fourth-order valence-corrected chi connectivity index (χ4v) is 3.50. The lowest BCUT2D eigenvalue weighted by Crippen LogP contribution is -2.31. The van der Waals surface area contributed by atoms with Crippen molar-refractivity contribution in [3.8, 4) is 11.3 Å². The first-order valence-electron chi connectivity index (χ1n) is 8.69. The minimum absolute atomic E-state index is 0.0209. The van der Waals surface area contributed by atoms with E-state index in [1.807, 2.05) is 47.4 Å². The first-order chi connectivity index (χ1) is 12.8. The average Bonchev–Trinajstić information content (AvgIpc) is 3.28. The van der Waals surface area contributed by atoms with Crippen molar-refractivity contribution >= 4 is 5.91 Å². The summed E-state index contributed by atoms with van der Waals surface area (Å²) in [7, 11) is 0. The summed E-state index contributed by atoms with van der Waals surface area (Å²) in [6.45, 7) is 1.01. The van der Waals surface area contributed by atoms with Crippen LogP contribution < -0.4 is 0 Å². The molecule has 6 nitrogen and oxygen atoms in total. The molecule has 2 N–H and O–H groups in total. The maximum Gasteiger partial charge on any atom is 0.230 e. The van der Waals surface area contributed by atoms with Crippen LogP contribution in [0.25, 0.3) is 11.3 Å². The second-order valence-electron chi connectivity index (χ2n) is 6.44. The molecule has 3 aromatic rings. The Labute approximate surface area is 151 Å². The summed E-state index contributed by atoms with van der Waals surface area (Å²) in [6, 6.07) is 13.5. The molecule has 1 atom stereocenters. The van der Waals surface area contributed by atoms with Gasteiger partial charge in [-0.3, -0.25) is 14.9 Å². The number of nitrogens with zero attached hydrogens (tertiary/aromatic N) is 3. The van der Waals surface area contributed by atoms with Gasteiger partial charge in [0.2, 0.25) is 5.91 Å². The lowest BCUT2D eigenvalue weighted by molar-refractivity contribution is -0.133. The molecule has 0 saturated heterocycles. The molecule has 0 aliphatic carbocycles. The number of benzene rings is 1. The van der Waals surface area contributed by atoms with Crippen LogP contribution in [-0.4, -0.2) is 37.7 Å². The zero-order valence-electron chi connectivity index (χ0n) is 14.3. The SMILES string of the molecule is O=C(C(CCO)c1ccccc1)N1Cc2[nH]nc(-c3cccnc3)c2C1. The fourth-order valence-electron chi connectivity index (χ4n) is 3.50. The molecular weight excluding hydrogens is 328 g/mol. The Morgan fingerprint density at radius 2 is 2.04 bits per heavy atom. The Morgan fingerprint density at radius 3 is 2.77 bits per heavy atom. The fraction of sp³-hybridized carbons (Fsp3) is 0.250. The molecule has 0 saturated carbocycles. The van der Waals surface area contributed by atoms with E-state index < -0.39 is 0 Å². The molecule has 26 heavy (non-hydrogen) atoms. The van der Waals surface area contributed by atoms with Crippen molar-refractivity contribution < 1.29 is 9.90 Å². The number of nitrogens with one attached hydrogen (secondary N) is 1. The van der Waals surface area contributed by atoms with E-state index in [2.05, 4.69) is 15.2 Å². The van der Waals surface area contributed by atoms with E-state index in [-0.39, 0.29) is 18.4 Å². The molecular formula is C20H20N4O2. The number of aromatic nitrogens is 3. The van der Waals surface area contributed by atoms with Gasteiger partial charge in [0.25, 0.3) is 0 Å². The van der Waals surface area contributed by atoms with Crippen molar-refractivity contribution in [1.29, 1.82) is 0 Å². The molecule has 132 valence electrons. The van der Waals surface area contributed by atoms with E-state index in [4.69, 9.17) is 0 Å². The number of carbonyl (C=O) groups is 1. The molecule has 0 bridgehead atoms. The van der Waals surface area contributed by atoms with Crippen molar-refractivity contribution in [2.24, 2.45) is 0 Å². The van der Waals surface area contributed by atoms with Crippen LogP contribution in [0, 0.1) is 0 Å². The van der Waals surface area contributed by atoms with Crippen molar-refractivity contribution in [3.05, 3.63) is 71.7 Å². The Balaban J connectivity index is 1.57. The van der Waals surface area contributed by atoms with Crippen LogP contribution in [0.15, 0.2) is 54.9 Å². The molecule has 6 heteroatoms. The van der Waals surface area contributed by atoms with E-state index in [9.17, 15) is 9.90 Å². The third-order valence-electron chi connectivity index (χ3n) is 4.82. The van der Waals surface area contributed by atoms with Crippen molar-refractivity contribution in [1.82, 2.24) is 20.1 Å². The van der Waals surface area contributed by atoms with Gasteiger partial charge >= 0.3 is 0 Å². The number of amides is 1. The number of hydrogen-bond acceptors (Lipinski definition) is 4. The first-order valence-corrected chi connectivity index (χ1v) is 8.69. The summed E-state index contributed by atoms with van der Waals surface area (Å²) in [4.78, 5) is 19.1. The molecule has 1 aliphatic heterocycles. The number of rotatable bonds is 5. The van der Waals surface area contributed by atoms with E-state index in [0.29, 0.717) is 19.5 Å². The molecule has 1 aliphatic rings. The van der Waals surface area contributed by atoms with Crippen LogP contribution in [0.3, 0.4) is 0 Å². The van der Waals surface area contributed by atoms with Gasteiger partial charge in [0, 0.05) is 30.1 Å². The highest BCUT2D eigenvalue weighted by Crippen LogP contribution is 2.33. The monoisotopic (exact) mass is 348 g/mol. The quantitative estimate of drug-likeness (QED) is 0.742. The van der Waals surface area contributed by atoms with E-state index in [1.165, 1.54) is 0 Å². The smallest absolute Gasteiger partial charge is 0.230 e. The number of H-pyrrole nitrogens is 1. The van der Waals surface area contributed by atoms with Crippen LogP contribution in [0.1, 0.15) is 29.2 Å². The number of hydrogen-bond donors (Lipinski definition) is 2. The summed E-state index contributed by atoms with van der Waals surface area (Å²) in [5, 5.41) is 16.9. The van der Waals surface area contributed by atoms with Gasteiger partial charge in [-0.2, -0.15) is 5.10 Å². The van der Waals surface area contributed by atoms with Crippen LogP contribution in [0.2, 0.25) is 0 Å². The number of carbonyl (C=O) groups excluding carboxylic acids is 1. The summed E-state index contributed by atoms with van der Waals surface area (Å²) in [5.74, 6) is -0.299. The molecule has 3 heterocycles. The van der Waals surface area contributed by atoms with Gasteiger partial charge in [-0.1, -0.05) is 30.3 Å². The molecule has 0 spiro atoms. The second-order valence-corrected chi connectivity index (χ2v) is 6.44. The summed E-state index contributed by atoms with van der Waals surface area (Å²) in [5.41, 5.74) is 4.74. The standard InChI is InChI=1S/C20H20N4O2/c25-10-8-16(14-5-2-1-3-6-14)20(26)24-12-17-18(13-24)22-23-19(17)15-7-4-9-21-11-15/h1-7,9,11,16,25H,8,10,12-13H2,(H,22,23). The van der Waals surface area contributed by atoms with Crippen LogP contribution in [-0.2, 0) is 17.9 Å². The molecule has 0 radical (unpaired) electrons. The predicted octanol–water partition coefficient (Wildman–Crippen LogP) is 2.48. The Morgan fingerprint density at radius 1 is 1.19 bits per heavy atom. The van der Waals surface area contributed by atoms with Gasteiger partial charge in [-0.15, -0.1) is 0 Å². The Kier molecular flexibility index (Phi) is 4.50. The van der Waals surface area contributed by atoms with Crippen molar-refractivity contribution in [2.75, 3.05) is 6.61 Å². The first kappa shape index (κ1) is 16.5. The molecule has 1 aromatic carbocycles. The number of fused-ring (bicyclic) bond motifs is 1. The third-order valence-corrected chi connectivity index (χ3v) is 4.82. The van der Waals surface area contributed by atoms with E-state index in [1.54, 1.807) is 12.4 Å². The number of pyridine rings is 1. The van der Waals surface area contributed by atoms with E-state index >= 15 is 0 Å². The third kappa shape index (κ3) is 2.99. The lowest BCUT2D eigenvalue weighted by Gasteiger charge is -2.23. The molecule has 1 amide bonds. The number of aliphatic hydroxyl groups excluding tert-OH is 1. The maximum atomic E-state index is 13.1. The highest BCUT2D eigenvalue weighted by Gasteiger charge is 2.32. The summed E-state index contributed by atoms with van der Waals surface area (Å²) < 4.78 is 0. The molecule has 1 unspecified atom stereocenters. The van der Waals surface area contributed by atoms with Gasteiger partial charge < -0.3 is 10.0 Å². The van der Waals surface area contributed by atoms with E-state index in [0.717, 1.165) is 28.1 Å². The topological polar surface area (TPSA) is 82.1 Å². The van der Waals surface area contributed by atoms with Crippen LogP contribution in [0.4, 0.5) is 0 Å². The zero-order valence-corrected chi connectivity index (χ0v) is 14.3. The Bertz CT molecular complexity index is 893. The maximum absolute atomic E-state index is 13.1. The number of aliphatic hydroxyl groups is 1. The zero-order chi connectivity index (χ0) is 17.9. The minimum atomic E-state index is -0.333. The van der Waals surface area contributed by atoms with Gasteiger partial charge in [-0.05, 0) is 24.1 Å². The van der Waals surface area contributed by atoms with Gasteiger partial charge in [-0.25, -0.2) is 0 Å². The van der Waals surface area contributed by atoms with Crippen LogP contribution >= 0.6 is 0 Å². The molecule has 4 rings (SSSR count). The largest absolute Gasteiger partial charge is 0.396 e. The highest BCUT2D eigenvalue weighted by molar-refractivity contribution is 5.84. The lowest BCUT2D eigenvalue weighted by atomic mass is 9.94. The Hall–Kier alpha value is -2.99. The van der Waals surface area contributed by atoms with Crippen LogP contribution in [0.5, 0.6) is 0 Å². The van der Waals surface area contributed by atoms with Crippen molar-refractivity contribution in [3.63, 3.8) is 0 Å². The number of aromatic amines is 1. The second kappa shape index (κ2) is 7.09. The van der Waals surface area contributed by atoms with Crippen molar-refractivity contribution in [2.45, 2.75) is 25.4 Å². The predicted molar refractivity (Wildman–Crippen MR) is 97.0 cm³/mol. The average molecular weight is 348 g/mol. The normalized spacial score (nSPS) is 14.3. The van der Waals surface area contributed by atoms with Gasteiger partial charge in [0.1, 0.15) is 0 Å². The van der Waals surface area contributed by atoms with Gasteiger partial charge in [0.15, 0.2) is 0 Å². The summed E-state index contributed by atoms with van der Waals surface area (Å²) in [6.07, 6.45) is 3.92. The van der Waals surface area contributed by atoms with Gasteiger partial charge in [0.05, 0.1) is 30.4 Å². The highest BCUT2D eigenvalue weighted by atomic mass is 16.3.